The molecule has 18 heavy (non-hydrogen) atoms. The van der Waals surface area contributed by atoms with E-state index >= 15 is 0 Å². The van der Waals surface area contributed by atoms with Crippen molar-refractivity contribution in [2.75, 3.05) is 0 Å². The second-order valence-electron chi connectivity index (χ2n) is 4.24. The molecule has 0 atom stereocenters. The Morgan fingerprint density at radius 1 is 1.17 bits per heavy atom. The van der Waals surface area contributed by atoms with Gasteiger partial charge in [-0.1, -0.05) is 25.1 Å². The molecule has 0 unspecified atom stereocenters. The first kappa shape index (κ1) is 12.6. The number of aromatic hydroxyl groups is 1. The standard InChI is InChI=1S/C15H18N2O/c1-2-13-6-4-8-17-15(13)11-16-10-12-5-3-7-14(18)9-12/h3-9,16,18H,2,10-11H2,1H3. The molecule has 3 heteroatoms. The van der Waals surface area contributed by atoms with Crippen LogP contribution in [0.25, 0.3) is 0 Å². The van der Waals surface area contributed by atoms with Crippen LogP contribution in [0.4, 0.5) is 0 Å². The fourth-order valence-corrected chi connectivity index (χ4v) is 1.94. The molecule has 1 aromatic heterocycles. The molecule has 0 radical (unpaired) electrons. The molecule has 0 aliphatic carbocycles. The maximum Gasteiger partial charge on any atom is 0.115 e. The van der Waals surface area contributed by atoms with E-state index in [2.05, 4.69) is 23.3 Å². The SMILES string of the molecule is CCc1cccnc1CNCc1cccc(O)c1. The van der Waals surface area contributed by atoms with E-state index in [1.807, 2.05) is 24.4 Å². The fourth-order valence-electron chi connectivity index (χ4n) is 1.94. The number of pyridine rings is 1. The van der Waals surface area contributed by atoms with E-state index in [9.17, 15) is 5.11 Å². The molecule has 0 bridgehead atoms. The van der Waals surface area contributed by atoms with Crippen LogP contribution in [0.2, 0.25) is 0 Å². The van der Waals surface area contributed by atoms with E-state index in [4.69, 9.17) is 0 Å². The van der Waals surface area contributed by atoms with Crippen LogP contribution in [0.1, 0.15) is 23.7 Å². The number of aromatic nitrogens is 1. The molecule has 0 aliphatic heterocycles. The third-order valence-electron chi connectivity index (χ3n) is 2.90. The van der Waals surface area contributed by atoms with Gasteiger partial charge in [0.15, 0.2) is 0 Å². The normalized spacial score (nSPS) is 10.5. The van der Waals surface area contributed by atoms with Gasteiger partial charge in [-0.15, -0.1) is 0 Å². The van der Waals surface area contributed by atoms with E-state index in [-0.39, 0.29) is 0 Å². The lowest BCUT2D eigenvalue weighted by atomic mass is 10.1. The first-order valence-corrected chi connectivity index (χ1v) is 6.21. The maximum atomic E-state index is 9.37. The van der Waals surface area contributed by atoms with Gasteiger partial charge in [0.05, 0.1) is 5.69 Å². The van der Waals surface area contributed by atoms with Crippen LogP contribution in [-0.2, 0) is 19.5 Å². The largest absolute Gasteiger partial charge is 0.508 e. The lowest BCUT2D eigenvalue weighted by molar-refractivity contribution is 0.474. The number of phenolic OH excluding ortho intramolecular Hbond substituents is 1. The Morgan fingerprint density at radius 2 is 2.06 bits per heavy atom. The summed E-state index contributed by atoms with van der Waals surface area (Å²) in [5.74, 6) is 0.307. The molecule has 94 valence electrons. The van der Waals surface area contributed by atoms with Crippen molar-refractivity contribution < 1.29 is 5.11 Å². The van der Waals surface area contributed by atoms with Crippen LogP contribution in [0.5, 0.6) is 5.75 Å². The van der Waals surface area contributed by atoms with Crippen LogP contribution in [-0.4, -0.2) is 10.1 Å². The molecule has 0 saturated carbocycles. The molecule has 0 saturated heterocycles. The Labute approximate surface area is 108 Å². The van der Waals surface area contributed by atoms with Crippen LogP contribution in [0, 0.1) is 0 Å². The highest BCUT2D eigenvalue weighted by atomic mass is 16.3. The first-order valence-electron chi connectivity index (χ1n) is 6.21. The quantitative estimate of drug-likeness (QED) is 0.847. The monoisotopic (exact) mass is 242 g/mol. The Morgan fingerprint density at radius 3 is 2.83 bits per heavy atom. The van der Waals surface area contributed by atoms with Gasteiger partial charge >= 0.3 is 0 Å². The van der Waals surface area contributed by atoms with Crippen molar-refractivity contribution in [3.8, 4) is 5.75 Å². The lowest BCUT2D eigenvalue weighted by Crippen LogP contribution is -2.15. The lowest BCUT2D eigenvalue weighted by Gasteiger charge is -2.08. The summed E-state index contributed by atoms with van der Waals surface area (Å²) in [7, 11) is 0. The molecule has 1 heterocycles. The number of nitrogens with zero attached hydrogens (tertiary/aromatic N) is 1. The smallest absolute Gasteiger partial charge is 0.115 e. The van der Waals surface area contributed by atoms with Gasteiger partial charge in [0.2, 0.25) is 0 Å². The zero-order valence-corrected chi connectivity index (χ0v) is 10.6. The Bertz CT molecular complexity index is 511. The molecule has 3 nitrogen and oxygen atoms in total. The second-order valence-corrected chi connectivity index (χ2v) is 4.24. The number of phenols is 1. The summed E-state index contributed by atoms with van der Waals surface area (Å²) >= 11 is 0. The van der Waals surface area contributed by atoms with Gasteiger partial charge < -0.3 is 10.4 Å². The Balaban J connectivity index is 1.92. The summed E-state index contributed by atoms with van der Waals surface area (Å²) < 4.78 is 0. The minimum atomic E-state index is 0.307. The van der Waals surface area contributed by atoms with Crippen LogP contribution < -0.4 is 5.32 Å². The Hall–Kier alpha value is -1.87. The van der Waals surface area contributed by atoms with Crippen molar-refractivity contribution in [1.82, 2.24) is 10.3 Å². The average Bonchev–Trinajstić information content (AvgIpc) is 2.39. The Kier molecular flexibility index (Phi) is 4.31. The summed E-state index contributed by atoms with van der Waals surface area (Å²) in [4.78, 5) is 4.39. The van der Waals surface area contributed by atoms with Crippen molar-refractivity contribution in [1.29, 1.82) is 0 Å². The molecule has 0 fully saturated rings. The number of hydrogen-bond donors (Lipinski definition) is 2. The summed E-state index contributed by atoms with van der Waals surface area (Å²) in [5.41, 5.74) is 3.45. The van der Waals surface area contributed by atoms with Crippen molar-refractivity contribution in [2.45, 2.75) is 26.4 Å². The highest BCUT2D eigenvalue weighted by Crippen LogP contribution is 2.11. The van der Waals surface area contributed by atoms with Crippen LogP contribution >= 0.6 is 0 Å². The van der Waals surface area contributed by atoms with Gasteiger partial charge in [-0.3, -0.25) is 4.98 Å². The molecular formula is C15H18N2O. The minimum Gasteiger partial charge on any atom is -0.508 e. The van der Waals surface area contributed by atoms with Gasteiger partial charge in [-0.25, -0.2) is 0 Å². The molecule has 1 aromatic carbocycles. The summed E-state index contributed by atoms with van der Waals surface area (Å²) in [5, 5.41) is 12.7. The first-order chi connectivity index (χ1) is 8.79. The topological polar surface area (TPSA) is 45.2 Å². The predicted octanol–water partition coefficient (Wildman–Crippen LogP) is 2.64. The molecule has 0 aliphatic rings. The minimum absolute atomic E-state index is 0.307. The number of aryl methyl sites for hydroxylation is 1. The number of rotatable bonds is 5. The van der Waals surface area contributed by atoms with Crippen LogP contribution in [0.3, 0.4) is 0 Å². The second kappa shape index (κ2) is 6.17. The van der Waals surface area contributed by atoms with Crippen molar-refractivity contribution in [3.05, 3.63) is 59.4 Å². The predicted molar refractivity (Wildman–Crippen MR) is 72.3 cm³/mol. The zero-order chi connectivity index (χ0) is 12.8. The van der Waals surface area contributed by atoms with E-state index in [0.29, 0.717) is 5.75 Å². The van der Waals surface area contributed by atoms with Crippen LogP contribution in [0.15, 0.2) is 42.6 Å². The third-order valence-corrected chi connectivity index (χ3v) is 2.90. The van der Waals surface area contributed by atoms with Crippen molar-refractivity contribution in [3.63, 3.8) is 0 Å². The van der Waals surface area contributed by atoms with E-state index in [1.165, 1.54) is 5.56 Å². The fraction of sp³-hybridized carbons (Fsp3) is 0.267. The van der Waals surface area contributed by atoms with E-state index in [1.54, 1.807) is 12.1 Å². The molecule has 2 rings (SSSR count). The average molecular weight is 242 g/mol. The van der Waals surface area contributed by atoms with E-state index in [0.717, 1.165) is 30.8 Å². The highest BCUT2D eigenvalue weighted by Gasteiger charge is 2.01. The number of nitrogens with one attached hydrogen (secondary N) is 1. The van der Waals surface area contributed by atoms with Gasteiger partial charge in [-0.2, -0.15) is 0 Å². The van der Waals surface area contributed by atoms with Crippen molar-refractivity contribution in [2.24, 2.45) is 0 Å². The number of benzene rings is 1. The van der Waals surface area contributed by atoms with Gasteiger partial charge in [-0.05, 0) is 35.7 Å². The van der Waals surface area contributed by atoms with Gasteiger partial charge in [0.25, 0.3) is 0 Å². The molecular weight excluding hydrogens is 224 g/mol. The molecule has 0 spiro atoms. The zero-order valence-electron chi connectivity index (χ0n) is 10.6. The molecule has 2 aromatic rings. The third kappa shape index (κ3) is 3.31. The summed E-state index contributed by atoms with van der Waals surface area (Å²) in [6.45, 7) is 3.61. The summed E-state index contributed by atoms with van der Waals surface area (Å²) in [6, 6.07) is 11.4. The van der Waals surface area contributed by atoms with Crippen molar-refractivity contribution >= 4 is 0 Å². The number of hydrogen-bond acceptors (Lipinski definition) is 3. The highest BCUT2D eigenvalue weighted by molar-refractivity contribution is 5.27. The molecule has 2 N–H and O–H groups in total. The van der Waals surface area contributed by atoms with E-state index < -0.39 is 0 Å². The maximum absolute atomic E-state index is 9.37. The summed E-state index contributed by atoms with van der Waals surface area (Å²) in [6.07, 6.45) is 2.82. The van der Waals surface area contributed by atoms with Gasteiger partial charge in [0.1, 0.15) is 5.75 Å². The molecule has 0 amide bonds. The van der Waals surface area contributed by atoms with Gasteiger partial charge in [0, 0.05) is 19.3 Å².